The third kappa shape index (κ3) is 12.7. The van der Waals surface area contributed by atoms with Gasteiger partial charge in [-0.05, 0) is 60.1 Å². The largest absolute Gasteiger partial charge is 0.365 e. The number of nitrogens with one attached hydrogen (secondary N) is 4. The SMILES string of the molecule is CC[C@H](C)[C@H](NC(=O)N(C)Cc1ccc2ccccc2n1)C(=O)N[C@@H](Cc1ccccc1)[C@@H]1O[C@@H]1[C@H](Cc1ccccc1)NC(=O)[C@@H](NC(=O)N(C)Cc1ccc2ccccc2n1)[C@@H](C)CC. The average Bonchev–Trinajstić information content (AvgIpc) is 4.15. The Labute approximate surface area is 394 Å². The van der Waals surface area contributed by atoms with E-state index in [1.807, 2.05) is 161 Å². The second kappa shape index (κ2) is 22.6. The molecule has 0 aliphatic carbocycles. The molecule has 1 fully saturated rings. The fraction of sp³-hybridized carbons (Fsp3) is 0.370. The first-order chi connectivity index (χ1) is 32.4. The number of hydrogen-bond acceptors (Lipinski definition) is 7. The molecule has 0 saturated carbocycles. The molecule has 0 unspecified atom stereocenters. The van der Waals surface area contributed by atoms with Crippen molar-refractivity contribution in [2.45, 2.75) is 103 Å². The highest BCUT2D eigenvalue weighted by atomic mass is 16.6. The monoisotopic (exact) mass is 904 g/mol. The molecule has 4 aromatic carbocycles. The highest BCUT2D eigenvalue weighted by Crippen LogP contribution is 2.33. The number of epoxide rings is 1. The van der Waals surface area contributed by atoms with Crippen molar-refractivity contribution in [2.24, 2.45) is 11.8 Å². The summed E-state index contributed by atoms with van der Waals surface area (Å²) in [6.07, 6.45) is 1.28. The van der Waals surface area contributed by atoms with Crippen molar-refractivity contribution in [2.75, 3.05) is 14.1 Å². The number of carbonyl (C=O) groups is 4. The number of pyridine rings is 2. The molecular weight excluding hydrogens is 841 g/mol. The van der Waals surface area contributed by atoms with Crippen LogP contribution in [0.1, 0.15) is 63.1 Å². The van der Waals surface area contributed by atoms with E-state index in [4.69, 9.17) is 14.7 Å². The van der Waals surface area contributed by atoms with Gasteiger partial charge in [0.05, 0.1) is 47.6 Å². The zero-order valence-corrected chi connectivity index (χ0v) is 39.4. The van der Waals surface area contributed by atoms with Gasteiger partial charge in [-0.1, -0.05) is 150 Å². The second-order valence-corrected chi connectivity index (χ2v) is 18.0. The lowest BCUT2D eigenvalue weighted by Gasteiger charge is -2.29. The van der Waals surface area contributed by atoms with E-state index in [0.29, 0.717) is 25.7 Å². The van der Waals surface area contributed by atoms with E-state index >= 15 is 0 Å². The standard InChI is InChI=1S/C54H64N8O5/c1-7-35(3)47(59-53(65)61(5)33-41-29-27-39-23-15-17-25-43(39)55-41)51(63)57-45(31-37-19-11-9-12-20-37)49-50(67-49)46(32-38-21-13-10-14-22-38)58-52(64)48(36(4)8-2)60-54(66)62(6)34-42-30-28-40-24-16-18-26-44(40)56-42/h9-30,35-36,45-50H,7-8,31-34H2,1-6H3,(H,57,63)(H,58,64)(H,59,65)(H,60,66)/t35-,36-,45-,46-,47-,48-,49-,50+/m0/s1. The highest BCUT2D eigenvalue weighted by Gasteiger charge is 2.51. The zero-order valence-electron chi connectivity index (χ0n) is 39.4. The van der Waals surface area contributed by atoms with Gasteiger partial charge in [0.15, 0.2) is 0 Å². The molecule has 1 aliphatic heterocycles. The molecule has 0 bridgehead atoms. The Balaban J connectivity index is 1.06. The van der Waals surface area contributed by atoms with E-state index < -0.39 is 36.4 Å². The van der Waals surface area contributed by atoms with Crippen LogP contribution in [-0.2, 0) is 40.3 Å². The van der Waals surface area contributed by atoms with Gasteiger partial charge in [-0.15, -0.1) is 0 Å². The number of benzene rings is 4. The maximum atomic E-state index is 14.5. The number of urea groups is 2. The normalized spacial score (nSPS) is 17.0. The number of ether oxygens (including phenoxy) is 1. The Morgan fingerprint density at radius 2 is 0.896 bits per heavy atom. The van der Waals surface area contributed by atoms with E-state index in [9.17, 15) is 19.2 Å². The fourth-order valence-electron chi connectivity index (χ4n) is 8.48. The zero-order chi connectivity index (χ0) is 47.5. The molecule has 0 radical (unpaired) electrons. The van der Waals surface area contributed by atoms with Crippen LogP contribution in [0.25, 0.3) is 21.8 Å². The van der Waals surface area contributed by atoms with Crippen LogP contribution in [0, 0.1) is 11.8 Å². The predicted octanol–water partition coefficient (Wildman–Crippen LogP) is 7.82. The number of carbonyl (C=O) groups excluding carboxylic acids is 4. The van der Waals surface area contributed by atoms with Gasteiger partial charge in [0, 0.05) is 24.9 Å². The summed E-state index contributed by atoms with van der Waals surface area (Å²) in [5.74, 6) is -1.02. The summed E-state index contributed by atoms with van der Waals surface area (Å²) >= 11 is 0. The molecule has 0 spiro atoms. The molecular formula is C54H64N8O5. The summed E-state index contributed by atoms with van der Waals surface area (Å²) in [7, 11) is 3.39. The van der Waals surface area contributed by atoms with Gasteiger partial charge in [-0.3, -0.25) is 19.6 Å². The van der Waals surface area contributed by atoms with E-state index in [-0.39, 0.29) is 48.8 Å². The Kier molecular flexibility index (Phi) is 16.2. The topological polar surface area (TPSA) is 161 Å². The Morgan fingerprint density at radius 3 is 1.28 bits per heavy atom. The van der Waals surface area contributed by atoms with Crippen LogP contribution < -0.4 is 21.3 Å². The molecule has 6 amide bonds. The van der Waals surface area contributed by atoms with Crippen molar-refractivity contribution < 1.29 is 23.9 Å². The van der Waals surface area contributed by atoms with Gasteiger partial charge in [0.25, 0.3) is 0 Å². The number of nitrogens with zero attached hydrogens (tertiary/aromatic N) is 4. The van der Waals surface area contributed by atoms with Gasteiger partial charge in [0.1, 0.15) is 24.3 Å². The first kappa shape index (κ1) is 48.1. The molecule has 4 N–H and O–H groups in total. The van der Waals surface area contributed by atoms with Gasteiger partial charge in [-0.2, -0.15) is 0 Å². The van der Waals surface area contributed by atoms with E-state index in [2.05, 4.69) is 21.3 Å². The number of amides is 6. The van der Waals surface area contributed by atoms with Crippen LogP contribution in [0.5, 0.6) is 0 Å². The van der Waals surface area contributed by atoms with Crippen LogP contribution in [-0.4, -0.2) is 94.1 Å². The van der Waals surface area contributed by atoms with Crippen molar-refractivity contribution in [3.05, 3.63) is 156 Å². The molecule has 6 aromatic rings. The van der Waals surface area contributed by atoms with E-state index in [1.54, 1.807) is 14.1 Å². The van der Waals surface area contributed by atoms with Gasteiger partial charge in [0.2, 0.25) is 11.8 Å². The number of fused-ring (bicyclic) bond motifs is 2. The molecule has 350 valence electrons. The maximum absolute atomic E-state index is 14.5. The molecule has 13 heteroatoms. The summed E-state index contributed by atoms with van der Waals surface area (Å²) in [6, 6.07) is 39.8. The van der Waals surface area contributed by atoms with Gasteiger partial charge < -0.3 is 35.8 Å². The average molecular weight is 905 g/mol. The Bertz CT molecular complexity index is 2440. The molecule has 1 saturated heterocycles. The second-order valence-electron chi connectivity index (χ2n) is 18.0. The number of hydrogen-bond donors (Lipinski definition) is 4. The number of para-hydroxylation sites is 2. The Morgan fingerprint density at radius 1 is 0.522 bits per heavy atom. The minimum atomic E-state index is -0.838. The lowest BCUT2D eigenvalue weighted by molar-refractivity contribution is -0.125. The van der Waals surface area contributed by atoms with Crippen LogP contribution in [0.4, 0.5) is 9.59 Å². The summed E-state index contributed by atoms with van der Waals surface area (Å²) in [6.45, 7) is 8.41. The van der Waals surface area contributed by atoms with Crippen molar-refractivity contribution in [3.8, 4) is 0 Å². The third-order valence-electron chi connectivity index (χ3n) is 13.0. The summed E-state index contributed by atoms with van der Waals surface area (Å²) in [4.78, 5) is 69.0. The predicted molar refractivity (Wildman–Crippen MR) is 263 cm³/mol. The lowest BCUT2D eigenvalue weighted by atomic mass is 9.93. The minimum Gasteiger partial charge on any atom is -0.365 e. The fourth-order valence-corrected chi connectivity index (χ4v) is 8.48. The molecule has 2 aromatic heterocycles. The minimum absolute atomic E-state index is 0.190. The lowest BCUT2D eigenvalue weighted by Crippen LogP contribution is -2.57. The Hall–Kier alpha value is -6.86. The number of rotatable bonds is 20. The smallest absolute Gasteiger partial charge is 0.318 e. The summed E-state index contributed by atoms with van der Waals surface area (Å²) in [5.41, 5.74) is 5.16. The summed E-state index contributed by atoms with van der Waals surface area (Å²) in [5, 5.41) is 14.7. The van der Waals surface area contributed by atoms with Crippen molar-refractivity contribution in [1.29, 1.82) is 0 Å². The van der Waals surface area contributed by atoms with Gasteiger partial charge >= 0.3 is 12.1 Å². The first-order valence-corrected chi connectivity index (χ1v) is 23.5. The third-order valence-corrected chi connectivity index (χ3v) is 13.0. The maximum Gasteiger partial charge on any atom is 0.318 e. The molecule has 8 atom stereocenters. The molecule has 67 heavy (non-hydrogen) atoms. The van der Waals surface area contributed by atoms with Crippen LogP contribution in [0.15, 0.2) is 133 Å². The van der Waals surface area contributed by atoms with Crippen LogP contribution in [0.3, 0.4) is 0 Å². The molecule has 3 heterocycles. The van der Waals surface area contributed by atoms with Crippen LogP contribution in [0.2, 0.25) is 0 Å². The molecule has 13 nitrogen and oxygen atoms in total. The van der Waals surface area contributed by atoms with Crippen LogP contribution >= 0.6 is 0 Å². The number of aromatic nitrogens is 2. The van der Waals surface area contributed by atoms with E-state index in [0.717, 1.165) is 44.3 Å². The first-order valence-electron chi connectivity index (χ1n) is 23.5. The highest BCUT2D eigenvalue weighted by molar-refractivity contribution is 5.88. The molecule has 7 rings (SSSR count). The van der Waals surface area contributed by atoms with Crippen molar-refractivity contribution in [1.82, 2.24) is 41.0 Å². The van der Waals surface area contributed by atoms with Gasteiger partial charge in [-0.25, -0.2) is 9.59 Å². The van der Waals surface area contributed by atoms with Crippen molar-refractivity contribution >= 4 is 45.7 Å². The van der Waals surface area contributed by atoms with Crippen molar-refractivity contribution in [3.63, 3.8) is 0 Å². The van der Waals surface area contributed by atoms with E-state index in [1.165, 1.54) is 9.80 Å². The molecule has 1 aliphatic rings. The quantitative estimate of drug-likeness (QED) is 0.0569. The summed E-state index contributed by atoms with van der Waals surface area (Å²) < 4.78 is 6.52.